The van der Waals surface area contributed by atoms with Gasteiger partial charge < -0.3 is 10.6 Å². The van der Waals surface area contributed by atoms with Crippen molar-refractivity contribution >= 4 is 23.0 Å². The van der Waals surface area contributed by atoms with E-state index >= 15 is 0 Å². The summed E-state index contributed by atoms with van der Waals surface area (Å²) in [5.41, 5.74) is 6.06. The second-order valence-corrected chi connectivity index (χ2v) is 4.62. The molecule has 0 aliphatic rings. The number of thiocarbonyl (C=S) groups is 1. The minimum Gasteiger partial charge on any atom is -0.388 e. The Balaban J connectivity index is 2.78. The van der Waals surface area contributed by atoms with Crippen LogP contribution in [0.3, 0.4) is 0 Å². The number of hydrogen-bond acceptors (Lipinski definition) is 4. The molecular formula is C12H20N4S. The second kappa shape index (κ2) is 6.49. The van der Waals surface area contributed by atoms with Gasteiger partial charge in [-0.25, -0.2) is 9.97 Å². The van der Waals surface area contributed by atoms with Crippen LogP contribution in [0.15, 0.2) is 12.4 Å². The lowest BCUT2D eigenvalue weighted by Gasteiger charge is -2.24. The molecule has 0 aromatic carbocycles. The third-order valence-electron chi connectivity index (χ3n) is 2.83. The summed E-state index contributed by atoms with van der Waals surface area (Å²) in [7, 11) is 0. The molecule has 1 rings (SSSR count). The van der Waals surface area contributed by atoms with Gasteiger partial charge in [0.15, 0.2) is 0 Å². The van der Waals surface area contributed by atoms with E-state index in [-0.39, 0.29) is 4.99 Å². The van der Waals surface area contributed by atoms with E-state index in [1.165, 1.54) is 0 Å². The maximum Gasteiger partial charge on any atom is 0.147 e. The lowest BCUT2D eigenvalue weighted by molar-refractivity contribution is 0.545. The van der Waals surface area contributed by atoms with E-state index in [0.29, 0.717) is 11.6 Å². The first-order valence-electron chi connectivity index (χ1n) is 5.95. The van der Waals surface area contributed by atoms with Crippen LogP contribution in [0.5, 0.6) is 0 Å². The number of aromatic nitrogens is 2. The van der Waals surface area contributed by atoms with Crippen LogP contribution in [0.4, 0.5) is 5.82 Å². The zero-order valence-corrected chi connectivity index (χ0v) is 11.5. The Kier molecular flexibility index (Phi) is 5.28. The highest BCUT2D eigenvalue weighted by Gasteiger charge is 2.10. The Morgan fingerprint density at radius 3 is 2.53 bits per heavy atom. The van der Waals surface area contributed by atoms with Crippen molar-refractivity contribution in [1.29, 1.82) is 0 Å². The molecule has 0 saturated heterocycles. The third-order valence-corrected chi connectivity index (χ3v) is 3.03. The lowest BCUT2D eigenvalue weighted by Crippen LogP contribution is -2.29. The highest BCUT2D eigenvalue weighted by atomic mass is 32.1. The number of hydrogen-bond donors (Lipinski definition) is 1. The zero-order valence-electron chi connectivity index (χ0n) is 10.7. The average molecular weight is 252 g/mol. The molecule has 0 saturated carbocycles. The summed E-state index contributed by atoms with van der Waals surface area (Å²) in [4.78, 5) is 11.1. The molecule has 0 fully saturated rings. The van der Waals surface area contributed by atoms with Gasteiger partial charge in [0.2, 0.25) is 0 Å². The molecule has 0 bridgehead atoms. The molecule has 1 aromatic heterocycles. The minimum atomic E-state index is 0.286. The molecule has 0 spiro atoms. The normalized spacial score (nSPS) is 12.2. The summed E-state index contributed by atoms with van der Waals surface area (Å²) in [6.07, 6.45) is 4.53. The molecule has 1 atom stereocenters. The fourth-order valence-electron chi connectivity index (χ4n) is 1.50. The van der Waals surface area contributed by atoms with Crippen molar-refractivity contribution in [2.45, 2.75) is 27.2 Å². The van der Waals surface area contributed by atoms with Gasteiger partial charge >= 0.3 is 0 Å². The van der Waals surface area contributed by atoms with Crippen LogP contribution in [0.1, 0.15) is 32.9 Å². The molecule has 1 heterocycles. The van der Waals surface area contributed by atoms with Gasteiger partial charge in [-0.05, 0) is 12.8 Å². The first kappa shape index (κ1) is 13.8. The van der Waals surface area contributed by atoms with Crippen LogP contribution >= 0.6 is 12.2 Å². The van der Waals surface area contributed by atoms with E-state index < -0.39 is 0 Å². The highest BCUT2D eigenvalue weighted by Crippen LogP contribution is 2.12. The number of nitrogens with zero attached hydrogens (tertiary/aromatic N) is 3. The maximum atomic E-state index is 5.49. The van der Waals surface area contributed by atoms with E-state index in [9.17, 15) is 0 Å². The Labute approximate surface area is 108 Å². The van der Waals surface area contributed by atoms with Crippen molar-refractivity contribution in [1.82, 2.24) is 9.97 Å². The van der Waals surface area contributed by atoms with E-state index in [2.05, 4.69) is 35.6 Å². The van der Waals surface area contributed by atoms with Crippen LogP contribution in [0, 0.1) is 5.92 Å². The second-order valence-electron chi connectivity index (χ2n) is 4.18. The SMILES string of the molecule is CCC(C)CN(CC)c1cnc(C(N)=S)cn1. The first-order chi connectivity index (χ1) is 8.08. The molecule has 1 unspecified atom stereocenters. The van der Waals surface area contributed by atoms with Crippen LogP contribution in [-0.2, 0) is 0 Å². The molecule has 0 amide bonds. The fourth-order valence-corrected chi connectivity index (χ4v) is 1.61. The predicted molar refractivity (Wildman–Crippen MR) is 75.3 cm³/mol. The Bertz CT molecular complexity index is 363. The van der Waals surface area contributed by atoms with Crippen LogP contribution < -0.4 is 10.6 Å². The molecular weight excluding hydrogens is 232 g/mol. The first-order valence-corrected chi connectivity index (χ1v) is 6.36. The quantitative estimate of drug-likeness (QED) is 0.785. The van der Waals surface area contributed by atoms with E-state index in [1.807, 2.05) is 0 Å². The summed E-state index contributed by atoms with van der Waals surface area (Å²) in [6.45, 7) is 8.46. The van der Waals surface area contributed by atoms with Crippen molar-refractivity contribution in [3.8, 4) is 0 Å². The summed E-state index contributed by atoms with van der Waals surface area (Å²) < 4.78 is 0. The number of rotatable bonds is 6. The molecule has 2 N–H and O–H groups in total. The van der Waals surface area contributed by atoms with Crippen LogP contribution in [0.25, 0.3) is 0 Å². The van der Waals surface area contributed by atoms with E-state index in [0.717, 1.165) is 25.3 Å². The molecule has 0 aliphatic carbocycles. The summed E-state index contributed by atoms with van der Waals surface area (Å²) in [6, 6.07) is 0. The Hall–Kier alpha value is -1.23. The Morgan fingerprint density at radius 1 is 1.41 bits per heavy atom. The van der Waals surface area contributed by atoms with Crippen LogP contribution in [0.2, 0.25) is 0 Å². The zero-order chi connectivity index (χ0) is 12.8. The van der Waals surface area contributed by atoms with Gasteiger partial charge in [-0.3, -0.25) is 0 Å². The standard InChI is InChI=1S/C12H20N4S/c1-4-9(3)8-16(5-2)11-7-14-10(6-15-11)12(13)17/h6-7,9H,4-5,8H2,1-3H3,(H2,13,17). The van der Waals surface area contributed by atoms with E-state index in [1.54, 1.807) is 12.4 Å². The smallest absolute Gasteiger partial charge is 0.147 e. The number of nitrogens with two attached hydrogens (primary N) is 1. The molecule has 4 nitrogen and oxygen atoms in total. The summed E-state index contributed by atoms with van der Waals surface area (Å²) in [5.74, 6) is 1.53. The van der Waals surface area contributed by atoms with Crippen LogP contribution in [-0.4, -0.2) is 28.0 Å². The van der Waals surface area contributed by atoms with E-state index in [4.69, 9.17) is 18.0 Å². The predicted octanol–water partition coefficient (Wildman–Crippen LogP) is 1.98. The largest absolute Gasteiger partial charge is 0.388 e. The van der Waals surface area contributed by atoms with Crippen molar-refractivity contribution in [3.63, 3.8) is 0 Å². The van der Waals surface area contributed by atoms with Gasteiger partial charge in [-0.2, -0.15) is 0 Å². The van der Waals surface area contributed by atoms with Gasteiger partial charge in [0.25, 0.3) is 0 Å². The van der Waals surface area contributed by atoms with Gasteiger partial charge in [-0.1, -0.05) is 32.5 Å². The lowest BCUT2D eigenvalue weighted by atomic mass is 10.1. The molecule has 94 valence electrons. The summed E-state index contributed by atoms with van der Waals surface area (Å²) >= 11 is 4.85. The van der Waals surface area contributed by atoms with Gasteiger partial charge in [0.1, 0.15) is 16.5 Å². The fraction of sp³-hybridized carbons (Fsp3) is 0.583. The van der Waals surface area contributed by atoms with Crippen molar-refractivity contribution in [2.75, 3.05) is 18.0 Å². The van der Waals surface area contributed by atoms with Crippen molar-refractivity contribution in [3.05, 3.63) is 18.1 Å². The monoisotopic (exact) mass is 252 g/mol. The molecule has 17 heavy (non-hydrogen) atoms. The minimum absolute atomic E-state index is 0.286. The van der Waals surface area contributed by atoms with Gasteiger partial charge in [0.05, 0.1) is 12.4 Å². The maximum absolute atomic E-state index is 5.49. The molecule has 0 radical (unpaired) electrons. The molecule has 5 heteroatoms. The van der Waals surface area contributed by atoms with Crippen molar-refractivity contribution in [2.24, 2.45) is 11.7 Å². The van der Waals surface area contributed by atoms with Gasteiger partial charge in [0, 0.05) is 13.1 Å². The Morgan fingerprint density at radius 2 is 2.12 bits per heavy atom. The third kappa shape index (κ3) is 3.93. The summed E-state index contributed by atoms with van der Waals surface area (Å²) in [5, 5.41) is 0. The number of anilines is 1. The topological polar surface area (TPSA) is 55.0 Å². The average Bonchev–Trinajstić information content (AvgIpc) is 2.35. The van der Waals surface area contributed by atoms with Gasteiger partial charge in [-0.15, -0.1) is 0 Å². The molecule has 1 aromatic rings. The highest BCUT2D eigenvalue weighted by molar-refractivity contribution is 7.80. The van der Waals surface area contributed by atoms with Crippen molar-refractivity contribution < 1.29 is 0 Å². The molecule has 0 aliphatic heterocycles.